The number of aryl methyl sites for hydroxylation is 1. The van der Waals surface area contributed by atoms with Crippen LogP contribution >= 0.6 is 11.3 Å². The first-order valence-electron chi connectivity index (χ1n) is 6.45. The van der Waals surface area contributed by atoms with Crippen LogP contribution in [0, 0.1) is 12.8 Å². The Morgan fingerprint density at radius 1 is 1.63 bits per heavy atom. The number of aliphatic hydroxyl groups excluding tert-OH is 1. The summed E-state index contributed by atoms with van der Waals surface area (Å²) in [6, 6.07) is 0. The highest BCUT2D eigenvalue weighted by atomic mass is 32.1. The van der Waals surface area contributed by atoms with Gasteiger partial charge < -0.3 is 14.7 Å². The maximum atomic E-state index is 12.4. The van der Waals surface area contributed by atoms with E-state index in [-0.39, 0.29) is 11.8 Å². The molecule has 1 aliphatic heterocycles. The quantitative estimate of drug-likeness (QED) is 0.912. The van der Waals surface area contributed by atoms with Gasteiger partial charge in [0.2, 0.25) is 0 Å². The molecule has 1 aliphatic rings. The predicted molar refractivity (Wildman–Crippen MR) is 73.3 cm³/mol. The number of likely N-dealkylation sites (tertiary alicyclic amines) is 1. The number of hydrogen-bond acceptors (Lipinski definition) is 5. The van der Waals surface area contributed by atoms with Crippen molar-refractivity contribution in [3.63, 3.8) is 0 Å². The smallest absolute Gasteiger partial charge is 0.265 e. The second-order valence-corrected chi connectivity index (χ2v) is 6.12. The van der Waals surface area contributed by atoms with Gasteiger partial charge in [-0.3, -0.25) is 4.79 Å². The van der Waals surface area contributed by atoms with Crippen LogP contribution < -0.4 is 0 Å². The number of aliphatic hydroxyl groups is 1. The lowest BCUT2D eigenvalue weighted by atomic mass is 9.96. The van der Waals surface area contributed by atoms with Gasteiger partial charge in [-0.25, -0.2) is 4.98 Å². The highest BCUT2D eigenvalue weighted by molar-refractivity contribution is 7.13. The number of carbonyl (C=O) groups excluding carboxylic acids is 1. The number of aromatic nitrogens is 1. The molecule has 2 heterocycles. The van der Waals surface area contributed by atoms with Crippen LogP contribution in [-0.2, 0) is 11.3 Å². The molecule has 5 nitrogen and oxygen atoms in total. The third-order valence-corrected chi connectivity index (χ3v) is 4.63. The Labute approximate surface area is 117 Å². The largest absolute Gasteiger partial charge is 0.391 e. The van der Waals surface area contributed by atoms with Crippen molar-refractivity contribution in [2.45, 2.75) is 33.0 Å². The summed E-state index contributed by atoms with van der Waals surface area (Å²) in [5.74, 6) is 0.235. The summed E-state index contributed by atoms with van der Waals surface area (Å²) in [5, 5.41) is 10.7. The third kappa shape index (κ3) is 3.13. The average Bonchev–Trinajstić information content (AvgIpc) is 2.73. The molecule has 2 unspecified atom stereocenters. The van der Waals surface area contributed by atoms with Crippen LogP contribution in [0.5, 0.6) is 0 Å². The standard InChI is InChI=1S/C13H20N2O3S/c1-8-4-5-15(6-10(8)16)13(17)12-9(2)14-11(19-12)7-18-3/h8,10,16H,4-7H2,1-3H3. The normalized spacial score (nSPS) is 23.7. The van der Waals surface area contributed by atoms with Gasteiger partial charge in [0.15, 0.2) is 0 Å². The zero-order chi connectivity index (χ0) is 14.0. The van der Waals surface area contributed by atoms with Crippen LogP contribution in [-0.4, -0.2) is 47.2 Å². The summed E-state index contributed by atoms with van der Waals surface area (Å²) in [5.41, 5.74) is 0.746. The Bertz CT molecular complexity index is 461. The highest BCUT2D eigenvalue weighted by Gasteiger charge is 2.29. The molecular formula is C13H20N2O3S. The summed E-state index contributed by atoms with van der Waals surface area (Å²) < 4.78 is 5.04. The fraction of sp³-hybridized carbons (Fsp3) is 0.692. The highest BCUT2D eigenvalue weighted by Crippen LogP contribution is 2.24. The van der Waals surface area contributed by atoms with E-state index in [0.29, 0.717) is 24.6 Å². The molecule has 1 aromatic rings. The zero-order valence-electron chi connectivity index (χ0n) is 11.5. The van der Waals surface area contributed by atoms with Crippen molar-refractivity contribution < 1.29 is 14.6 Å². The number of amides is 1. The average molecular weight is 284 g/mol. The number of rotatable bonds is 3. The van der Waals surface area contributed by atoms with Crippen molar-refractivity contribution in [3.05, 3.63) is 15.6 Å². The van der Waals surface area contributed by atoms with Gasteiger partial charge in [0.25, 0.3) is 5.91 Å². The van der Waals surface area contributed by atoms with Crippen LogP contribution in [0.25, 0.3) is 0 Å². The molecule has 1 fully saturated rings. The molecule has 2 rings (SSSR count). The van der Waals surface area contributed by atoms with Crippen molar-refractivity contribution in [1.82, 2.24) is 9.88 Å². The van der Waals surface area contributed by atoms with Crippen molar-refractivity contribution in [2.75, 3.05) is 20.2 Å². The van der Waals surface area contributed by atoms with Crippen LogP contribution in [0.3, 0.4) is 0 Å². The lowest BCUT2D eigenvalue weighted by Crippen LogP contribution is -2.45. The van der Waals surface area contributed by atoms with E-state index in [9.17, 15) is 9.90 Å². The van der Waals surface area contributed by atoms with Crippen LogP contribution in [0.2, 0.25) is 0 Å². The number of carbonyl (C=O) groups is 1. The lowest BCUT2D eigenvalue weighted by Gasteiger charge is -2.34. The molecule has 6 heteroatoms. The van der Waals surface area contributed by atoms with Gasteiger partial charge in [-0.05, 0) is 19.3 Å². The molecule has 1 N–H and O–H groups in total. The molecule has 0 bridgehead atoms. The minimum Gasteiger partial charge on any atom is -0.391 e. The number of hydrogen-bond donors (Lipinski definition) is 1. The van der Waals surface area contributed by atoms with E-state index in [1.807, 2.05) is 13.8 Å². The van der Waals surface area contributed by atoms with Gasteiger partial charge >= 0.3 is 0 Å². The SMILES string of the molecule is COCc1nc(C)c(C(=O)N2CCC(C)C(O)C2)s1. The second-order valence-electron chi connectivity index (χ2n) is 5.04. The molecule has 2 atom stereocenters. The van der Waals surface area contributed by atoms with Crippen molar-refractivity contribution in [2.24, 2.45) is 5.92 Å². The Morgan fingerprint density at radius 2 is 2.37 bits per heavy atom. The van der Waals surface area contributed by atoms with E-state index >= 15 is 0 Å². The van der Waals surface area contributed by atoms with Crippen LogP contribution in [0.4, 0.5) is 0 Å². The number of piperidine rings is 1. The van der Waals surface area contributed by atoms with E-state index in [4.69, 9.17) is 4.74 Å². The van der Waals surface area contributed by atoms with Gasteiger partial charge in [-0.2, -0.15) is 0 Å². The predicted octanol–water partition coefficient (Wildman–Crippen LogP) is 1.44. The Kier molecular flexibility index (Phi) is 4.54. The van der Waals surface area contributed by atoms with Crippen molar-refractivity contribution in [3.8, 4) is 0 Å². The monoisotopic (exact) mass is 284 g/mol. The number of ether oxygens (including phenoxy) is 1. The number of thiazole rings is 1. The van der Waals surface area contributed by atoms with Gasteiger partial charge in [-0.1, -0.05) is 6.92 Å². The van der Waals surface area contributed by atoms with E-state index in [1.165, 1.54) is 11.3 Å². The minimum atomic E-state index is -0.427. The molecule has 106 valence electrons. The molecule has 1 amide bonds. The molecule has 0 spiro atoms. The van der Waals surface area contributed by atoms with Gasteiger partial charge in [0.05, 0.1) is 18.4 Å². The molecule has 1 saturated heterocycles. The Morgan fingerprint density at radius 3 is 3.00 bits per heavy atom. The number of nitrogens with zero attached hydrogens (tertiary/aromatic N) is 2. The fourth-order valence-electron chi connectivity index (χ4n) is 2.21. The maximum Gasteiger partial charge on any atom is 0.265 e. The first-order valence-corrected chi connectivity index (χ1v) is 7.27. The first kappa shape index (κ1) is 14.4. The number of β-amino-alcohol motifs (C(OH)–C–C–N with tert-alkyl or cyclic N) is 1. The summed E-state index contributed by atoms with van der Waals surface area (Å²) in [6.07, 6.45) is 0.416. The van der Waals surface area contributed by atoms with E-state index < -0.39 is 6.10 Å². The Hall–Kier alpha value is -0.980. The molecule has 0 radical (unpaired) electrons. The van der Waals surface area contributed by atoms with E-state index in [2.05, 4.69) is 4.98 Å². The topological polar surface area (TPSA) is 62.7 Å². The molecule has 0 saturated carbocycles. The fourth-order valence-corrected chi connectivity index (χ4v) is 3.22. The summed E-state index contributed by atoms with van der Waals surface area (Å²) in [7, 11) is 1.61. The van der Waals surface area contributed by atoms with Gasteiger partial charge in [0.1, 0.15) is 9.88 Å². The molecule has 1 aromatic heterocycles. The maximum absolute atomic E-state index is 12.4. The van der Waals surface area contributed by atoms with E-state index in [0.717, 1.165) is 17.1 Å². The summed E-state index contributed by atoms with van der Waals surface area (Å²) in [6.45, 7) is 5.40. The van der Waals surface area contributed by atoms with Gasteiger partial charge in [0, 0.05) is 20.2 Å². The van der Waals surface area contributed by atoms with E-state index in [1.54, 1.807) is 12.0 Å². The van der Waals surface area contributed by atoms with Crippen LogP contribution in [0.1, 0.15) is 33.7 Å². The molecule has 0 aliphatic carbocycles. The summed E-state index contributed by atoms with van der Waals surface area (Å²) in [4.78, 5) is 19.2. The van der Waals surface area contributed by atoms with Gasteiger partial charge in [-0.15, -0.1) is 11.3 Å². The zero-order valence-corrected chi connectivity index (χ0v) is 12.4. The lowest BCUT2D eigenvalue weighted by molar-refractivity contribution is 0.0251. The molecule has 0 aromatic carbocycles. The molecular weight excluding hydrogens is 264 g/mol. The number of methoxy groups -OCH3 is 1. The van der Waals surface area contributed by atoms with Crippen LogP contribution in [0.15, 0.2) is 0 Å². The van der Waals surface area contributed by atoms with Crippen molar-refractivity contribution in [1.29, 1.82) is 0 Å². The first-order chi connectivity index (χ1) is 9.02. The minimum absolute atomic E-state index is 0.0247. The van der Waals surface area contributed by atoms with Crippen molar-refractivity contribution >= 4 is 17.2 Å². The third-order valence-electron chi connectivity index (χ3n) is 3.51. The second kappa shape index (κ2) is 5.98. The Balaban J connectivity index is 2.11. The summed E-state index contributed by atoms with van der Waals surface area (Å²) >= 11 is 1.38. The molecule has 19 heavy (non-hydrogen) atoms.